The zero-order chi connectivity index (χ0) is 13.2. The Kier molecular flexibility index (Phi) is 4.60. The molecule has 0 aromatic carbocycles. The van der Waals surface area contributed by atoms with Crippen LogP contribution in [0.1, 0.15) is 19.8 Å². The van der Waals surface area contributed by atoms with E-state index in [1.54, 1.807) is 4.31 Å². The predicted molar refractivity (Wildman–Crippen MR) is 67.3 cm³/mol. The molecule has 2 aliphatic rings. The minimum Gasteiger partial charge on any atom is -0.395 e. The molecular formula is C11H22N2O4S. The van der Waals surface area contributed by atoms with Crippen LogP contribution in [0, 0.1) is 5.92 Å². The lowest BCUT2D eigenvalue weighted by molar-refractivity contribution is 0.00766. The fourth-order valence-corrected chi connectivity index (χ4v) is 4.50. The van der Waals surface area contributed by atoms with Gasteiger partial charge < -0.3 is 9.84 Å². The highest BCUT2D eigenvalue weighted by Gasteiger charge is 2.38. The minimum absolute atomic E-state index is 0.192. The number of aliphatic hydroxyl groups excluding tert-OH is 1. The molecule has 2 aliphatic heterocycles. The second kappa shape index (κ2) is 5.83. The van der Waals surface area contributed by atoms with Gasteiger partial charge in [-0.05, 0) is 18.8 Å². The third-order valence-electron chi connectivity index (χ3n) is 3.63. The van der Waals surface area contributed by atoms with Crippen LogP contribution in [0.15, 0.2) is 0 Å². The molecule has 0 bridgehead atoms. The van der Waals surface area contributed by atoms with Crippen molar-refractivity contribution in [3.63, 3.8) is 0 Å². The molecule has 2 atom stereocenters. The molecule has 0 radical (unpaired) electrons. The predicted octanol–water partition coefficient (Wildman–Crippen LogP) is -0.344. The van der Waals surface area contributed by atoms with Crippen molar-refractivity contribution < 1.29 is 18.3 Å². The van der Waals surface area contributed by atoms with E-state index in [4.69, 9.17) is 4.74 Å². The molecule has 2 saturated heterocycles. The maximum atomic E-state index is 12.5. The molecule has 2 heterocycles. The first-order valence-corrected chi connectivity index (χ1v) is 7.91. The van der Waals surface area contributed by atoms with Crippen LogP contribution in [0.25, 0.3) is 0 Å². The fraction of sp³-hybridized carbons (Fsp3) is 1.00. The van der Waals surface area contributed by atoms with Gasteiger partial charge in [-0.25, -0.2) is 0 Å². The molecule has 2 fully saturated rings. The van der Waals surface area contributed by atoms with Gasteiger partial charge in [-0.15, -0.1) is 0 Å². The lowest BCUT2D eigenvalue weighted by Crippen LogP contribution is -2.56. The van der Waals surface area contributed by atoms with E-state index in [1.165, 1.54) is 4.31 Å². The summed E-state index contributed by atoms with van der Waals surface area (Å²) in [5, 5.41) is 9.27. The normalized spacial score (nSPS) is 32.6. The Hall–Kier alpha value is -0.210. The van der Waals surface area contributed by atoms with Crippen molar-refractivity contribution in [2.24, 2.45) is 5.92 Å². The van der Waals surface area contributed by atoms with Crippen molar-refractivity contribution in [2.75, 3.05) is 39.5 Å². The number of aliphatic hydroxyl groups is 1. The lowest BCUT2D eigenvalue weighted by Gasteiger charge is -2.39. The Bertz CT molecular complexity index is 373. The van der Waals surface area contributed by atoms with E-state index in [1.807, 2.05) is 0 Å². The molecule has 7 heteroatoms. The van der Waals surface area contributed by atoms with E-state index in [0.717, 1.165) is 12.8 Å². The summed E-state index contributed by atoms with van der Waals surface area (Å²) in [7, 11) is -3.45. The number of ether oxygens (including phenoxy) is 1. The second-order valence-corrected chi connectivity index (χ2v) is 7.02. The monoisotopic (exact) mass is 278 g/mol. The van der Waals surface area contributed by atoms with Gasteiger partial charge in [0.05, 0.1) is 25.9 Å². The van der Waals surface area contributed by atoms with Gasteiger partial charge in [0.15, 0.2) is 0 Å². The maximum Gasteiger partial charge on any atom is 0.282 e. The number of morpholine rings is 1. The average Bonchev–Trinajstić information content (AvgIpc) is 2.38. The number of hydrogen-bond acceptors (Lipinski definition) is 4. The van der Waals surface area contributed by atoms with Crippen molar-refractivity contribution >= 4 is 10.2 Å². The Balaban J connectivity index is 2.13. The molecule has 2 rings (SSSR count). The van der Waals surface area contributed by atoms with Crippen LogP contribution in [-0.2, 0) is 14.9 Å². The van der Waals surface area contributed by atoms with Crippen LogP contribution in [0.5, 0.6) is 0 Å². The Morgan fingerprint density at radius 3 is 2.83 bits per heavy atom. The second-order valence-electron chi connectivity index (χ2n) is 5.14. The molecule has 2 unspecified atom stereocenters. The zero-order valence-electron chi connectivity index (χ0n) is 10.8. The molecule has 0 saturated carbocycles. The molecule has 0 amide bonds. The van der Waals surface area contributed by atoms with E-state index in [0.29, 0.717) is 32.2 Å². The Labute approximate surface area is 109 Å². The first-order valence-electron chi connectivity index (χ1n) is 6.51. The quantitative estimate of drug-likeness (QED) is 0.766. The van der Waals surface area contributed by atoms with Gasteiger partial charge in [-0.3, -0.25) is 0 Å². The third kappa shape index (κ3) is 2.85. The largest absolute Gasteiger partial charge is 0.395 e. The summed E-state index contributed by atoms with van der Waals surface area (Å²) >= 11 is 0. The minimum atomic E-state index is -3.45. The summed E-state index contributed by atoms with van der Waals surface area (Å²) < 4.78 is 33.3. The van der Waals surface area contributed by atoms with E-state index < -0.39 is 16.3 Å². The summed E-state index contributed by atoms with van der Waals surface area (Å²) in [6, 6.07) is -0.444. The molecule has 106 valence electrons. The van der Waals surface area contributed by atoms with Gasteiger partial charge in [0.25, 0.3) is 10.2 Å². The zero-order valence-corrected chi connectivity index (χ0v) is 11.6. The molecule has 1 N–H and O–H groups in total. The van der Waals surface area contributed by atoms with Gasteiger partial charge in [-0.1, -0.05) is 6.92 Å². The summed E-state index contributed by atoms with van der Waals surface area (Å²) in [5.74, 6) is 0.405. The van der Waals surface area contributed by atoms with Crippen molar-refractivity contribution in [3.8, 4) is 0 Å². The van der Waals surface area contributed by atoms with Crippen LogP contribution in [-0.4, -0.2) is 67.6 Å². The van der Waals surface area contributed by atoms with Crippen LogP contribution in [0.4, 0.5) is 0 Å². The molecule has 0 aliphatic carbocycles. The lowest BCUT2D eigenvalue weighted by atomic mass is 10.0. The van der Waals surface area contributed by atoms with Gasteiger partial charge in [-0.2, -0.15) is 17.0 Å². The smallest absolute Gasteiger partial charge is 0.282 e. The SMILES string of the molecule is CC1CCCN(S(=O)(=O)N2CCOCC2CO)C1. The molecular weight excluding hydrogens is 256 g/mol. The molecule has 18 heavy (non-hydrogen) atoms. The fourth-order valence-electron chi connectivity index (χ4n) is 2.59. The van der Waals surface area contributed by atoms with E-state index in [9.17, 15) is 13.5 Å². The van der Waals surface area contributed by atoms with Crippen molar-refractivity contribution in [1.82, 2.24) is 8.61 Å². The molecule has 0 aromatic heterocycles. The van der Waals surface area contributed by atoms with Crippen LogP contribution >= 0.6 is 0 Å². The maximum absolute atomic E-state index is 12.5. The number of rotatable bonds is 3. The number of piperidine rings is 1. The van der Waals surface area contributed by atoms with Crippen LogP contribution in [0.3, 0.4) is 0 Å². The first-order chi connectivity index (χ1) is 8.55. The number of hydrogen-bond donors (Lipinski definition) is 1. The molecule has 6 nitrogen and oxygen atoms in total. The van der Waals surface area contributed by atoms with Gasteiger partial charge in [0.2, 0.25) is 0 Å². The summed E-state index contributed by atoms with van der Waals surface area (Å²) in [5.41, 5.74) is 0. The molecule has 0 spiro atoms. The highest BCUT2D eigenvalue weighted by atomic mass is 32.2. The van der Waals surface area contributed by atoms with Gasteiger partial charge >= 0.3 is 0 Å². The van der Waals surface area contributed by atoms with Crippen LogP contribution < -0.4 is 0 Å². The first kappa shape index (κ1) is 14.2. The third-order valence-corrected chi connectivity index (χ3v) is 5.68. The van der Waals surface area contributed by atoms with Crippen LogP contribution in [0.2, 0.25) is 0 Å². The van der Waals surface area contributed by atoms with Crippen molar-refractivity contribution in [3.05, 3.63) is 0 Å². The summed E-state index contributed by atoms with van der Waals surface area (Å²) in [4.78, 5) is 0. The van der Waals surface area contributed by atoms with Crippen molar-refractivity contribution in [2.45, 2.75) is 25.8 Å². The van der Waals surface area contributed by atoms with Gasteiger partial charge in [0, 0.05) is 19.6 Å². The van der Waals surface area contributed by atoms with Crippen molar-refractivity contribution in [1.29, 1.82) is 0 Å². The Morgan fingerprint density at radius 2 is 2.17 bits per heavy atom. The number of nitrogens with zero attached hydrogens (tertiary/aromatic N) is 2. The van der Waals surface area contributed by atoms with E-state index in [2.05, 4.69) is 6.92 Å². The summed E-state index contributed by atoms with van der Waals surface area (Å²) in [6.07, 6.45) is 1.99. The van der Waals surface area contributed by atoms with Gasteiger partial charge in [0.1, 0.15) is 0 Å². The highest BCUT2D eigenvalue weighted by molar-refractivity contribution is 7.86. The molecule has 0 aromatic rings. The summed E-state index contributed by atoms with van der Waals surface area (Å²) in [6.45, 7) is 4.06. The highest BCUT2D eigenvalue weighted by Crippen LogP contribution is 2.22. The topological polar surface area (TPSA) is 70.1 Å². The van der Waals surface area contributed by atoms with E-state index >= 15 is 0 Å². The standard InChI is InChI=1S/C11H22N2O4S/c1-10-3-2-4-12(7-10)18(15,16)13-5-6-17-9-11(13)8-14/h10-11,14H,2-9H2,1H3. The van der Waals surface area contributed by atoms with E-state index in [-0.39, 0.29) is 13.2 Å². The Morgan fingerprint density at radius 1 is 1.39 bits per heavy atom. The average molecular weight is 278 g/mol.